The first-order valence-electron chi connectivity index (χ1n) is 4.62. The molecule has 1 aromatic heterocycles. The quantitative estimate of drug-likeness (QED) is 0.776. The van der Waals surface area contributed by atoms with Crippen LogP contribution in [0.25, 0.3) is 11.5 Å². The number of aromatic nitrogens is 1. The highest BCUT2D eigenvalue weighted by Gasteiger charge is 2.19. The number of hydrogen-bond acceptors (Lipinski definition) is 5. The second kappa shape index (κ2) is 4.06. The van der Waals surface area contributed by atoms with Crippen molar-refractivity contribution in [3.8, 4) is 11.5 Å². The second-order valence-electron chi connectivity index (χ2n) is 3.09. The first-order chi connectivity index (χ1) is 7.72. The molecule has 0 aliphatic heterocycles. The fourth-order valence-electron chi connectivity index (χ4n) is 1.28. The minimum atomic E-state index is -0.632. The largest absolute Gasteiger partial charge is 0.463 e. The van der Waals surface area contributed by atoms with Gasteiger partial charge in [-0.05, 0) is 12.1 Å². The van der Waals surface area contributed by atoms with Crippen molar-refractivity contribution in [1.29, 1.82) is 0 Å². The smallest absolute Gasteiger partial charge is 0.378 e. The Hall–Kier alpha value is -2.30. The third kappa shape index (κ3) is 1.75. The number of carbonyl (C=O) groups is 1. The molecule has 82 valence electrons. The van der Waals surface area contributed by atoms with Crippen molar-refractivity contribution in [1.82, 2.24) is 4.98 Å². The van der Waals surface area contributed by atoms with Crippen molar-refractivity contribution in [3.05, 3.63) is 36.1 Å². The minimum Gasteiger partial charge on any atom is -0.463 e. The first-order valence-corrected chi connectivity index (χ1v) is 4.62. The summed E-state index contributed by atoms with van der Waals surface area (Å²) in [6, 6.07) is 9.18. The summed E-state index contributed by atoms with van der Waals surface area (Å²) >= 11 is 0. The molecule has 0 radical (unpaired) electrons. The zero-order chi connectivity index (χ0) is 11.5. The molecule has 2 rings (SSSR count). The molecule has 0 unspecified atom stereocenters. The SMILES string of the molecule is COC(=O)c1oc(-c2ccccc2)nc1N. The van der Waals surface area contributed by atoms with E-state index in [1.807, 2.05) is 30.3 Å². The number of methoxy groups -OCH3 is 1. The number of anilines is 1. The van der Waals surface area contributed by atoms with Crippen LogP contribution in [0.3, 0.4) is 0 Å². The summed E-state index contributed by atoms with van der Waals surface area (Å²) in [5.41, 5.74) is 6.30. The summed E-state index contributed by atoms with van der Waals surface area (Å²) in [7, 11) is 1.26. The Bertz CT molecular complexity index is 505. The third-order valence-corrected chi connectivity index (χ3v) is 2.04. The maximum atomic E-state index is 11.2. The summed E-state index contributed by atoms with van der Waals surface area (Å²) in [4.78, 5) is 15.2. The zero-order valence-electron chi connectivity index (χ0n) is 8.64. The molecule has 0 saturated heterocycles. The average Bonchev–Trinajstić information content (AvgIpc) is 2.71. The van der Waals surface area contributed by atoms with Crippen LogP contribution in [0, 0.1) is 0 Å². The van der Waals surface area contributed by atoms with E-state index in [1.54, 1.807) is 0 Å². The monoisotopic (exact) mass is 218 g/mol. The third-order valence-electron chi connectivity index (χ3n) is 2.04. The lowest BCUT2D eigenvalue weighted by Crippen LogP contribution is -2.02. The van der Waals surface area contributed by atoms with E-state index >= 15 is 0 Å². The molecule has 5 heteroatoms. The molecule has 0 saturated carbocycles. The van der Waals surface area contributed by atoms with Crippen molar-refractivity contribution in [2.45, 2.75) is 0 Å². The molecule has 1 heterocycles. The average molecular weight is 218 g/mol. The van der Waals surface area contributed by atoms with Gasteiger partial charge >= 0.3 is 5.97 Å². The molecule has 0 aliphatic rings. The summed E-state index contributed by atoms with van der Waals surface area (Å²) < 4.78 is 9.76. The predicted molar refractivity (Wildman–Crippen MR) is 57.7 cm³/mol. The van der Waals surface area contributed by atoms with E-state index in [0.717, 1.165) is 5.56 Å². The van der Waals surface area contributed by atoms with Crippen molar-refractivity contribution in [3.63, 3.8) is 0 Å². The van der Waals surface area contributed by atoms with Crippen LogP contribution in [0.5, 0.6) is 0 Å². The predicted octanol–water partition coefficient (Wildman–Crippen LogP) is 1.71. The normalized spacial score (nSPS) is 10.1. The van der Waals surface area contributed by atoms with Gasteiger partial charge in [0.2, 0.25) is 5.89 Å². The lowest BCUT2D eigenvalue weighted by Gasteiger charge is -1.94. The van der Waals surface area contributed by atoms with Crippen LogP contribution in [0.2, 0.25) is 0 Å². The van der Waals surface area contributed by atoms with Gasteiger partial charge in [-0.3, -0.25) is 0 Å². The number of ether oxygens (including phenoxy) is 1. The van der Waals surface area contributed by atoms with Crippen LogP contribution in [0.15, 0.2) is 34.7 Å². The van der Waals surface area contributed by atoms with E-state index in [-0.39, 0.29) is 11.6 Å². The summed E-state index contributed by atoms with van der Waals surface area (Å²) in [6.07, 6.45) is 0. The first kappa shape index (κ1) is 10.2. The Morgan fingerprint density at radius 1 is 1.38 bits per heavy atom. The van der Waals surface area contributed by atoms with E-state index in [9.17, 15) is 4.79 Å². The summed E-state index contributed by atoms with van der Waals surface area (Å²) in [6.45, 7) is 0. The van der Waals surface area contributed by atoms with Crippen molar-refractivity contribution in [2.75, 3.05) is 12.8 Å². The minimum absolute atomic E-state index is 0.0331. The molecule has 2 N–H and O–H groups in total. The van der Waals surface area contributed by atoms with E-state index < -0.39 is 5.97 Å². The van der Waals surface area contributed by atoms with Crippen LogP contribution in [-0.2, 0) is 4.74 Å². The number of nitrogens with two attached hydrogens (primary N) is 1. The molecular formula is C11H10N2O3. The van der Waals surface area contributed by atoms with Crippen LogP contribution >= 0.6 is 0 Å². The van der Waals surface area contributed by atoms with Crippen molar-refractivity contribution < 1.29 is 13.9 Å². The molecule has 5 nitrogen and oxygen atoms in total. The second-order valence-corrected chi connectivity index (χ2v) is 3.09. The molecular weight excluding hydrogens is 208 g/mol. The van der Waals surface area contributed by atoms with Gasteiger partial charge in [0.25, 0.3) is 5.76 Å². The van der Waals surface area contributed by atoms with Gasteiger partial charge in [-0.2, -0.15) is 4.98 Å². The number of carbonyl (C=O) groups excluding carboxylic acids is 1. The number of benzene rings is 1. The summed E-state index contributed by atoms with van der Waals surface area (Å²) in [5.74, 6) is -0.363. The molecule has 0 atom stereocenters. The molecule has 0 bridgehead atoms. The number of nitrogens with zero attached hydrogens (tertiary/aromatic N) is 1. The number of rotatable bonds is 2. The number of oxazole rings is 1. The van der Waals surface area contributed by atoms with Crippen LogP contribution in [0.1, 0.15) is 10.6 Å². The van der Waals surface area contributed by atoms with Gasteiger partial charge < -0.3 is 14.9 Å². The molecule has 16 heavy (non-hydrogen) atoms. The Balaban J connectivity index is 2.42. The lowest BCUT2D eigenvalue weighted by molar-refractivity contribution is 0.0567. The molecule has 2 aromatic rings. The van der Waals surface area contributed by atoms with Gasteiger partial charge in [0.15, 0.2) is 5.82 Å². The maximum Gasteiger partial charge on any atom is 0.378 e. The van der Waals surface area contributed by atoms with E-state index in [2.05, 4.69) is 9.72 Å². The Kier molecular flexibility index (Phi) is 2.59. The van der Waals surface area contributed by atoms with Gasteiger partial charge in [0.05, 0.1) is 7.11 Å². The van der Waals surface area contributed by atoms with Crippen LogP contribution < -0.4 is 5.73 Å². The van der Waals surface area contributed by atoms with Crippen LogP contribution in [0.4, 0.5) is 5.82 Å². The Labute approximate surface area is 91.8 Å². The highest BCUT2D eigenvalue weighted by molar-refractivity contribution is 5.91. The zero-order valence-corrected chi connectivity index (χ0v) is 8.64. The lowest BCUT2D eigenvalue weighted by atomic mass is 10.2. The molecule has 0 spiro atoms. The van der Waals surface area contributed by atoms with Crippen LogP contribution in [-0.4, -0.2) is 18.1 Å². The molecule has 0 fully saturated rings. The van der Waals surface area contributed by atoms with Crippen molar-refractivity contribution in [2.24, 2.45) is 0 Å². The number of esters is 1. The van der Waals surface area contributed by atoms with Gasteiger partial charge in [-0.15, -0.1) is 0 Å². The van der Waals surface area contributed by atoms with Crippen molar-refractivity contribution >= 4 is 11.8 Å². The topological polar surface area (TPSA) is 78.3 Å². The van der Waals surface area contributed by atoms with E-state index in [0.29, 0.717) is 5.89 Å². The number of nitrogen functional groups attached to an aromatic ring is 1. The van der Waals surface area contributed by atoms with Gasteiger partial charge in [0, 0.05) is 5.56 Å². The van der Waals surface area contributed by atoms with Gasteiger partial charge in [-0.25, -0.2) is 4.79 Å². The molecule has 0 amide bonds. The van der Waals surface area contributed by atoms with E-state index in [1.165, 1.54) is 7.11 Å². The Morgan fingerprint density at radius 2 is 2.06 bits per heavy atom. The number of hydrogen-bond donors (Lipinski definition) is 1. The fraction of sp³-hybridized carbons (Fsp3) is 0.0909. The van der Waals surface area contributed by atoms with Gasteiger partial charge in [-0.1, -0.05) is 18.2 Å². The highest BCUT2D eigenvalue weighted by Crippen LogP contribution is 2.23. The van der Waals surface area contributed by atoms with E-state index in [4.69, 9.17) is 10.2 Å². The van der Waals surface area contributed by atoms with Gasteiger partial charge in [0.1, 0.15) is 0 Å². The maximum absolute atomic E-state index is 11.2. The molecule has 0 aliphatic carbocycles. The fourth-order valence-corrected chi connectivity index (χ4v) is 1.28. The Morgan fingerprint density at radius 3 is 2.69 bits per heavy atom. The standard InChI is InChI=1S/C11H10N2O3/c1-15-11(14)8-9(12)13-10(16-8)7-5-3-2-4-6-7/h2-6H,12H2,1H3. The highest BCUT2D eigenvalue weighted by atomic mass is 16.5. The summed E-state index contributed by atoms with van der Waals surface area (Å²) in [5, 5.41) is 0. The molecule has 1 aromatic carbocycles.